The number of nitrogens with one attached hydrogen (secondary N) is 1. The highest BCUT2D eigenvalue weighted by molar-refractivity contribution is 5.78. The van der Waals surface area contributed by atoms with Crippen molar-refractivity contribution in [2.45, 2.75) is 56.1 Å². The van der Waals surface area contributed by atoms with Gasteiger partial charge in [0.25, 0.3) is 0 Å². The van der Waals surface area contributed by atoms with E-state index < -0.39 is 0 Å². The molecule has 2 aliphatic heterocycles. The fourth-order valence-corrected chi connectivity index (χ4v) is 5.50. The Hall–Kier alpha value is -2.37. The number of carbonyl (C=O) groups is 1. The topological polar surface area (TPSA) is 55.8 Å². The molecule has 166 valence electrons. The monoisotopic (exact) mass is 421 g/mol. The van der Waals surface area contributed by atoms with Crippen LogP contribution in [0.15, 0.2) is 54.6 Å². The molecule has 0 saturated carbocycles. The lowest BCUT2D eigenvalue weighted by Crippen LogP contribution is -2.52. The molecule has 5 nitrogen and oxygen atoms in total. The molecule has 0 aromatic heterocycles. The molecule has 4 rings (SSSR count). The highest BCUT2D eigenvalue weighted by Crippen LogP contribution is 2.43. The zero-order valence-corrected chi connectivity index (χ0v) is 18.7. The van der Waals surface area contributed by atoms with Crippen LogP contribution in [0.3, 0.4) is 0 Å². The number of likely N-dealkylation sites (N-methyl/N-ethyl adjacent to an activating group) is 1. The lowest BCUT2D eigenvalue weighted by Gasteiger charge is -2.41. The molecule has 0 radical (unpaired) electrons. The quantitative estimate of drug-likeness (QED) is 0.686. The molecule has 2 heterocycles. The van der Waals surface area contributed by atoms with Gasteiger partial charge in [-0.2, -0.15) is 0 Å². The molecule has 2 fully saturated rings. The summed E-state index contributed by atoms with van der Waals surface area (Å²) in [5.41, 5.74) is 2.52. The number of carbonyl (C=O) groups excluding carboxylic acids is 1. The molecule has 2 aromatic rings. The van der Waals surface area contributed by atoms with Gasteiger partial charge in [-0.15, -0.1) is 0 Å². The first-order chi connectivity index (χ1) is 15.0. The summed E-state index contributed by atoms with van der Waals surface area (Å²) in [5, 5.41) is 13.2. The van der Waals surface area contributed by atoms with Crippen molar-refractivity contribution < 1.29 is 9.90 Å². The van der Waals surface area contributed by atoms with Crippen molar-refractivity contribution in [2.24, 2.45) is 0 Å². The van der Waals surface area contributed by atoms with E-state index in [9.17, 15) is 9.90 Å². The summed E-state index contributed by atoms with van der Waals surface area (Å²) in [6, 6.07) is 19.5. The smallest absolute Gasteiger partial charge is 0.234 e. The number of piperidine rings is 1. The van der Waals surface area contributed by atoms with Crippen molar-refractivity contribution in [3.63, 3.8) is 0 Å². The summed E-state index contributed by atoms with van der Waals surface area (Å²) in [6.07, 6.45) is 5.56. The van der Waals surface area contributed by atoms with Crippen molar-refractivity contribution in [2.75, 3.05) is 27.2 Å². The van der Waals surface area contributed by atoms with E-state index in [1.165, 1.54) is 24.0 Å². The largest absolute Gasteiger partial charge is 0.508 e. The first-order valence-corrected chi connectivity index (χ1v) is 11.5. The highest BCUT2D eigenvalue weighted by Gasteiger charge is 2.41. The second-order valence-corrected chi connectivity index (χ2v) is 9.54. The van der Waals surface area contributed by atoms with Crippen LogP contribution in [0.4, 0.5) is 0 Å². The molecule has 5 heteroatoms. The van der Waals surface area contributed by atoms with Gasteiger partial charge in [-0.25, -0.2) is 0 Å². The van der Waals surface area contributed by atoms with Crippen molar-refractivity contribution in [1.82, 2.24) is 15.1 Å². The van der Waals surface area contributed by atoms with E-state index in [0.717, 1.165) is 25.8 Å². The van der Waals surface area contributed by atoms with Gasteiger partial charge in [0, 0.05) is 24.7 Å². The number of amides is 1. The van der Waals surface area contributed by atoms with Gasteiger partial charge >= 0.3 is 0 Å². The summed E-state index contributed by atoms with van der Waals surface area (Å²) in [7, 11) is 3.86. The number of aromatic hydroxyl groups is 1. The van der Waals surface area contributed by atoms with Gasteiger partial charge in [-0.05, 0) is 75.4 Å². The minimum absolute atomic E-state index is 0.0907. The molecule has 0 aliphatic carbocycles. The first kappa shape index (κ1) is 21.8. The third kappa shape index (κ3) is 5.66. The van der Waals surface area contributed by atoms with Gasteiger partial charge in [0.2, 0.25) is 5.91 Å². The van der Waals surface area contributed by atoms with Crippen molar-refractivity contribution in [3.05, 3.63) is 65.7 Å². The standard InChI is InChI=1S/C26H35N3O2/c1-28(2)18-26(31)27-22(13-19-7-4-3-5-8-19)17-29-23-11-12-24(29)15-21(14-23)20-9-6-10-25(30)16-20/h3-10,16,21-24,30H,11-15,17-18H2,1-2H3,(H,27,31)/t22?,23-,24-/m1/s1. The number of phenolic OH excluding ortho intramolecular Hbond substituents is 1. The number of fused-ring (bicyclic) bond motifs is 2. The molecule has 0 spiro atoms. The van der Waals surface area contributed by atoms with Crippen LogP contribution < -0.4 is 5.32 Å². The number of hydrogen-bond acceptors (Lipinski definition) is 4. The second kappa shape index (κ2) is 9.84. The van der Waals surface area contributed by atoms with Gasteiger partial charge in [-0.3, -0.25) is 9.69 Å². The Morgan fingerprint density at radius 2 is 1.81 bits per heavy atom. The predicted molar refractivity (Wildman–Crippen MR) is 124 cm³/mol. The molecule has 31 heavy (non-hydrogen) atoms. The van der Waals surface area contributed by atoms with Crippen LogP contribution in [0.1, 0.15) is 42.7 Å². The number of rotatable bonds is 8. The summed E-state index contributed by atoms with van der Waals surface area (Å²) < 4.78 is 0. The molecule has 2 N–H and O–H groups in total. The Balaban J connectivity index is 1.44. The summed E-state index contributed by atoms with van der Waals surface area (Å²) in [4.78, 5) is 17.1. The minimum Gasteiger partial charge on any atom is -0.508 e. The molecule has 2 aromatic carbocycles. The zero-order valence-electron chi connectivity index (χ0n) is 18.7. The molecular weight excluding hydrogens is 386 g/mol. The van der Waals surface area contributed by atoms with E-state index in [-0.39, 0.29) is 11.9 Å². The Morgan fingerprint density at radius 1 is 1.10 bits per heavy atom. The minimum atomic E-state index is 0.0907. The van der Waals surface area contributed by atoms with E-state index in [1.807, 2.05) is 37.2 Å². The molecule has 3 atom stereocenters. The van der Waals surface area contributed by atoms with Crippen LogP contribution in [-0.2, 0) is 11.2 Å². The van der Waals surface area contributed by atoms with Crippen LogP contribution in [0, 0.1) is 0 Å². The first-order valence-electron chi connectivity index (χ1n) is 11.5. The Labute approximate surface area is 186 Å². The van der Waals surface area contributed by atoms with Gasteiger partial charge in [0.1, 0.15) is 5.75 Å². The molecule has 2 aliphatic rings. The van der Waals surface area contributed by atoms with Crippen molar-refractivity contribution in [1.29, 1.82) is 0 Å². The summed E-state index contributed by atoms with van der Waals surface area (Å²) in [6.45, 7) is 1.31. The maximum Gasteiger partial charge on any atom is 0.234 e. The normalized spacial score (nSPS) is 24.3. The SMILES string of the molecule is CN(C)CC(=O)NC(Cc1ccccc1)CN1[C@@H]2CC[C@@H]1CC(c1cccc(O)c1)C2. The van der Waals surface area contributed by atoms with Crippen LogP contribution in [0.25, 0.3) is 0 Å². The van der Waals surface area contributed by atoms with E-state index in [1.54, 1.807) is 6.07 Å². The maximum atomic E-state index is 12.5. The summed E-state index contributed by atoms with van der Waals surface area (Å²) in [5.74, 6) is 0.962. The fourth-order valence-electron chi connectivity index (χ4n) is 5.50. The highest BCUT2D eigenvalue weighted by atomic mass is 16.3. The third-order valence-corrected chi connectivity index (χ3v) is 6.81. The van der Waals surface area contributed by atoms with Crippen LogP contribution in [0.2, 0.25) is 0 Å². The number of nitrogens with zero attached hydrogens (tertiary/aromatic N) is 2. The van der Waals surface area contributed by atoms with Gasteiger partial charge in [0.05, 0.1) is 6.54 Å². The van der Waals surface area contributed by atoms with E-state index in [2.05, 4.69) is 40.5 Å². The average Bonchev–Trinajstić information content (AvgIpc) is 2.95. The van der Waals surface area contributed by atoms with E-state index in [0.29, 0.717) is 30.3 Å². The summed E-state index contributed by atoms with van der Waals surface area (Å²) >= 11 is 0. The lowest BCUT2D eigenvalue weighted by molar-refractivity contribution is -0.122. The van der Waals surface area contributed by atoms with Crippen LogP contribution in [0.5, 0.6) is 5.75 Å². The fraction of sp³-hybridized carbons (Fsp3) is 0.500. The van der Waals surface area contributed by atoms with Crippen molar-refractivity contribution >= 4 is 5.91 Å². The maximum absolute atomic E-state index is 12.5. The molecule has 2 bridgehead atoms. The zero-order chi connectivity index (χ0) is 21.8. The number of benzene rings is 2. The third-order valence-electron chi connectivity index (χ3n) is 6.81. The lowest BCUT2D eigenvalue weighted by atomic mass is 9.84. The molecule has 1 amide bonds. The Bertz CT molecular complexity index is 856. The van der Waals surface area contributed by atoms with Gasteiger partial charge in [-0.1, -0.05) is 42.5 Å². The number of hydrogen-bond donors (Lipinski definition) is 2. The molecular formula is C26H35N3O2. The molecule has 1 unspecified atom stereocenters. The van der Waals surface area contributed by atoms with E-state index in [4.69, 9.17) is 0 Å². The number of phenols is 1. The van der Waals surface area contributed by atoms with E-state index >= 15 is 0 Å². The van der Waals surface area contributed by atoms with Gasteiger partial charge < -0.3 is 15.3 Å². The predicted octanol–water partition coefficient (Wildman–Crippen LogP) is 3.39. The second-order valence-electron chi connectivity index (χ2n) is 9.54. The average molecular weight is 422 g/mol. The van der Waals surface area contributed by atoms with Gasteiger partial charge in [0.15, 0.2) is 0 Å². The van der Waals surface area contributed by atoms with Crippen molar-refractivity contribution in [3.8, 4) is 5.75 Å². The molecule has 2 saturated heterocycles. The van der Waals surface area contributed by atoms with Crippen LogP contribution in [-0.4, -0.2) is 66.1 Å². The van der Waals surface area contributed by atoms with Crippen LogP contribution >= 0.6 is 0 Å². The Kier molecular flexibility index (Phi) is 6.93. The Morgan fingerprint density at radius 3 is 2.45 bits per heavy atom.